The molecule has 7 nitrogen and oxygen atoms in total. The summed E-state index contributed by atoms with van der Waals surface area (Å²) in [6.45, 7) is -1.50. The first kappa shape index (κ1) is 18.6. The number of amides is 2. The van der Waals surface area contributed by atoms with Crippen molar-refractivity contribution in [1.82, 2.24) is 15.3 Å². The molecular weight excluding hydrogens is 365 g/mol. The summed E-state index contributed by atoms with van der Waals surface area (Å²) in [7, 11) is 0. The molecular formula is C17H15F3N4O3. The van der Waals surface area contributed by atoms with E-state index in [1.165, 1.54) is 36.8 Å². The minimum absolute atomic E-state index is 0.0208. The van der Waals surface area contributed by atoms with Crippen LogP contribution in [0.2, 0.25) is 0 Å². The highest BCUT2D eigenvalue weighted by Crippen LogP contribution is 2.26. The zero-order valence-electron chi connectivity index (χ0n) is 13.9. The van der Waals surface area contributed by atoms with E-state index in [4.69, 9.17) is 4.74 Å². The fourth-order valence-electron chi connectivity index (χ4n) is 2.14. The number of carbonyl (C=O) groups excluding carboxylic acids is 2. The SMILES string of the molecule is O=C(Nc1cnccc1OCC(F)(F)F)c1ccnc(C(=O)NC2CC2)c1. The number of pyridine rings is 2. The van der Waals surface area contributed by atoms with Crippen LogP contribution in [-0.4, -0.2) is 40.6 Å². The van der Waals surface area contributed by atoms with Crippen molar-refractivity contribution in [3.05, 3.63) is 48.0 Å². The number of hydrogen-bond donors (Lipinski definition) is 2. The Morgan fingerprint density at radius 1 is 1.19 bits per heavy atom. The van der Waals surface area contributed by atoms with Crippen LogP contribution in [0.3, 0.4) is 0 Å². The van der Waals surface area contributed by atoms with E-state index in [1.54, 1.807) is 0 Å². The Kier molecular flexibility index (Phi) is 5.24. The summed E-state index contributed by atoms with van der Waals surface area (Å²) >= 11 is 0. The summed E-state index contributed by atoms with van der Waals surface area (Å²) in [6, 6.07) is 4.04. The lowest BCUT2D eigenvalue weighted by atomic mass is 10.2. The van der Waals surface area contributed by atoms with Gasteiger partial charge in [0.05, 0.1) is 6.20 Å². The number of nitrogens with one attached hydrogen (secondary N) is 2. The number of carbonyl (C=O) groups is 2. The van der Waals surface area contributed by atoms with Crippen LogP contribution in [-0.2, 0) is 0 Å². The molecule has 0 saturated heterocycles. The minimum atomic E-state index is -4.51. The average molecular weight is 380 g/mol. The van der Waals surface area contributed by atoms with Gasteiger partial charge < -0.3 is 15.4 Å². The number of halogens is 3. The van der Waals surface area contributed by atoms with Crippen molar-refractivity contribution < 1.29 is 27.5 Å². The Bertz CT molecular complexity index is 853. The van der Waals surface area contributed by atoms with Gasteiger partial charge in [0.2, 0.25) is 0 Å². The molecule has 3 rings (SSSR count). The second-order valence-corrected chi connectivity index (χ2v) is 5.91. The zero-order valence-corrected chi connectivity index (χ0v) is 13.9. The van der Waals surface area contributed by atoms with E-state index >= 15 is 0 Å². The van der Waals surface area contributed by atoms with Crippen LogP contribution in [0.5, 0.6) is 5.75 Å². The fourth-order valence-corrected chi connectivity index (χ4v) is 2.14. The molecule has 0 bridgehead atoms. The number of anilines is 1. The van der Waals surface area contributed by atoms with Gasteiger partial charge in [0.1, 0.15) is 17.1 Å². The van der Waals surface area contributed by atoms with E-state index in [-0.39, 0.29) is 34.6 Å². The molecule has 2 heterocycles. The summed E-state index contributed by atoms with van der Waals surface area (Å²) in [5, 5.41) is 5.19. The zero-order chi connectivity index (χ0) is 19.4. The third-order valence-corrected chi connectivity index (χ3v) is 3.59. The Morgan fingerprint density at radius 3 is 2.67 bits per heavy atom. The van der Waals surface area contributed by atoms with Gasteiger partial charge in [-0.2, -0.15) is 13.2 Å². The Morgan fingerprint density at radius 2 is 1.96 bits per heavy atom. The van der Waals surface area contributed by atoms with Crippen molar-refractivity contribution in [2.75, 3.05) is 11.9 Å². The molecule has 142 valence electrons. The highest BCUT2D eigenvalue weighted by atomic mass is 19.4. The van der Waals surface area contributed by atoms with Gasteiger partial charge in [0.25, 0.3) is 11.8 Å². The first-order valence-electron chi connectivity index (χ1n) is 8.03. The molecule has 1 fully saturated rings. The number of hydrogen-bond acceptors (Lipinski definition) is 5. The molecule has 0 aliphatic heterocycles. The van der Waals surface area contributed by atoms with E-state index in [2.05, 4.69) is 20.6 Å². The second-order valence-electron chi connectivity index (χ2n) is 5.91. The predicted octanol–water partition coefficient (Wildman–Crippen LogP) is 2.56. The maximum Gasteiger partial charge on any atom is 0.422 e. The topological polar surface area (TPSA) is 93.2 Å². The summed E-state index contributed by atoms with van der Waals surface area (Å²) in [6.07, 6.45) is 1.03. The van der Waals surface area contributed by atoms with Crippen LogP contribution in [0.15, 0.2) is 36.8 Å². The summed E-state index contributed by atoms with van der Waals surface area (Å²) < 4.78 is 41.7. The number of aromatic nitrogens is 2. The monoisotopic (exact) mass is 380 g/mol. The van der Waals surface area contributed by atoms with Gasteiger partial charge in [-0.3, -0.25) is 19.6 Å². The van der Waals surface area contributed by atoms with Crippen molar-refractivity contribution in [3.63, 3.8) is 0 Å². The summed E-state index contributed by atoms with van der Waals surface area (Å²) in [5.74, 6) is -1.19. The Labute approximate surface area is 152 Å². The third kappa shape index (κ3) is 5.40. The van der Waals surface area contributed by atoms with Gasteiger partial charge in [0.15, 0.2) is 6.61 Å². The molecule has 10 heteroatoms. The molecule has 0 unspecified atom stereocenters. The average Bonchev–Trinajstić information content (AvgIpc) is 3.44. The smallest absolute Gasteiger partial charge is 0.422 e. The van der Waals surface area contributed by atoms with Crippen molar-refractivity contribution in [1.29, 1.82) is 0 Å². The lowest BCUT2D eigenvalue weighted by Crippen LogP contribution is -2.26. The van der Waals surface area contributed by atoms with Gasteiger partial charge in [-0.15, -0.1) is 0 Å². The Hall–Kier alpha value is -3.17. The standard InChI is InChI=1S/C17H15F3N4O3/c18-17(19,20)9-27-14-4-5-21-8-13(14)24-15(25)10-3-6-22-12(7-10)16(26)23-11-1-2-11/h3-8,11H,1-2,9H2,(H,23,26)(H,24,25). The molecule has 2 N–H and O–H groups in total. The molecule has 1 saturated carbocycles. The summed E-state index contributed by atoms with van der Waals surface area (Å²) in [4.78, 5) is 32.1. The van der Waals surface area contributed by atoms with Gasteiger partial charge in [-0.25, -0.2) is 0 Å². The highest BCUT2D eigenvalue weighted by Gasteiger charge is 2.29. The normalized spacial score (nSPS) is 13.7. The van der Waals surface area contributed by atoms with E-state index in [0.29, 0.717) is 0 Å². The Balaban J connectivity index is 1.71. The molecule has 2 aromatic heterocycles. The lowest BCUT2D eigenvalue weighted by Gasteiger charge is -2.13. The minimum Gasteiger partial charge on any atom is -0.482 e. The van der Waals surface area contributed by atoms with E-state index < -0.39 is 18.7 Å². The summed E-state index contributed by atoms with van der Waals surface area (Å²) in [5.41, 5.74) is 0.179. The lowest BCUT2D eigenvalue weighted by molar-refractivity contribution is -0.153. The van der Waals surface area contributed by atoms with E-state index in [0.717, 1.165) is 12.8 Å². The van der Waals surface area contributed by atoms with Crippen LogP contribution in [0.25, 0.3) is 0 Å². The molecule has 1 aliphatic carbocycles. The van der Waals surface area contributed by atoms with E-state index in [1.807, 2.05) is 0 Å². The molecule has 0 aromatic carbocycles. The molecule has 1 aliphatic rings. The van der Waals surface area contributed by atoms with Crippen molar-refractivity contribution in [2.24, 2.45) is 0 Å². The molecule has 2 aromatic rings. The van der Waals surface area contributed by atoms with Gasteiger partial charge in [-0.05, 0) is 25.0 Å². The van der Waals surface area contributed by atoms with Crippen LogP contribution >= 0.6 is 0 Å². The highest BCUT2D eigenvalue weighted by molar-refractivity contribution is 6.06. The van der Waals surface area contributed by atoms with Gasteiger partial charge in [-0.1, -0.05) is 0 Å². The molecule has 27 heavy (non-hydrogen) atoms. The molecule has 2 amide bonds. The van der Waals surface area contributed by atoms with Crippen molar-refractivity contribution >= 4 is 17.5 Å². The largest absolute Gasteiger partial charge is 0.482 e. The predicted molar refractivity (Wildman–Crippen MR) is 88.5 cm³/mol. The quantitative estimate of drug-likeness (QED) is 0.804. The maximum atomic E-state index is 12.4. The van der Waals surface area contributed by atoms with E-state index in [9.17, 15) is 22.8 Å². The fraction of sp³-hybridized carbons (Fsp3) is 0.294. The van der Waals surface area contributed by atoms with Crippen molar-refractivity contribution in [2.45, 2.75) is 25.1 Å². The van der Waals surface area contributed by atoms with Gasteiger partial charge >= 0.3 is 6.18 Å². The number of ether oxygens (including phenoxy) is 1. The molecule has 0 radical (unpaired) electrons. The number of nitrogens with zero attached hydrogens (tertiary/aromatic N) is 2. The molecule has 0 spiro atoms. The number of alkyl halides is 3. The van der Waals surface area contributed by atoms with Crippen LogP contribution in [0, 0.1) is 0 Å². The second kappa shape index (κ2) is 7.60. The first-order valence-corrected chi connectivity index (χ1v) is 8.03. The van der Waals surface area contributed by atoms with Crippen LogP contribution in [0.1, 0.15) is 33.7 Å². The number of rotatable bonds is 6. The molecule has 0 atom stereocenters. The van der Waals surface area contributed by atoms with Crippen LogP contribution < -0.4 is 15.4 Å². The first-order chi connectivity index (χ1) is 12.8. The third-order valence-electron chi connectivity index (χ3n) is 3.59. The maximum absolute atomic E-state index is 12.4. The van der Waals surface area contributed by atoms with Gasteiger partial charge in [0, 0.05) is 30.1 Å². The van der Waals surface area contributed by atoms with Crippen LogP contribution in [0.4, 0.5) is 18.9 Å². The van der Waals surface area contributed by atoms with Crippen molar-refractivity contribution in [3.8, 4) is 5.75 Å².